The van der Waals surface area contributed by atoms with Gasteiger partial charge in [0, 0.05) is 37.3 Å². The predicted octanol–water partition coefficient (Wildman–Crippen LogP) is 1.67. The number of rotatable bonds is 2. The SMILES string of the molecule is O=C(Nc1ccc2cn[nH]c2c1)N1CCC[C@@H](C(=O)N2CCOCC2)C1. The van der Waals surface area contributed by atoms with Crippen LogP contribution in [0.2, 0.25) is 0 Å². The Morgan fingerprint density at radius 1 is 1.19 bits per heavy atom. The third kappa shape index (κ3) is 3.50. The van der Waals surface area contributed by atoms with Crippen molar-refractivity contribution in [1.82, 2.24) is 20.0 Å². The maximum absolute atomic E-state index is 12.7. The van der Waals surface area contributed by atoms with Crippen molar-refractivity contribution in [3.05, 3.63) is 24.4 Å². The number of hydrogen-bond acceptors (Lipinski definition) is 4. The largest absolute Gasteiger partial charge is 0.378 e. The van der Waals surface area contributed by atoms with Crippen LogP contribution in [0.25, 0.3) is 10.9 Å². The van der Waals surface area contributed by atoms with Crippen LogP contribution in [0.15, 0.2) is 24.4 Å². The van der Waals surface area contributed by atoms with Gasteiger partial charge in [0.1, 0.15) is 0 Å². The minimum atomic E-state index is -0.164. The molecule has 8 heteroatoms. The van der Waals surface area contributed by atoms with Crippen molar-refractivity contribution < 1.29 is 14.3 Å². The summed E-state index contributed by atoms with van der Waals surface area (Å²) in [5, 5.41) is 10.8. The number of hydrogen-bond donors (Lipinski definition) is 2. The smallest absolute Gasteiger partial charge is 0.321 e. The van der Waals surface area contributed by atoms with Crippen LogP contribution in [0.4, 0.5) is 10.5 Å². The zero-order chi connectivity index (χ0) is 17.9. The summed E-state index contributed by atoms with van der Waals surface area (Å²) in [4.78, 5) is 28.9. The van der Waals surface area contributed by atoms with Crippen LogP contribution in [-0.2, 0) is 9.53 Å². The van der Waals surface area contributed by atoms with E-state index >= 15 is 0 Å². The molecule has 2 aliphatic heterocycles. The fourth-order valence-electron chi connectivity index (χ4n) is 3.62. The Morgan fingerprint density at radius 2 is 2.04 bits per heavy atom. The van der Waals surface area contributed by atoms with Crippen molar-refractivity contribution in [1.29, 1.82) is 0 Å². The summed E-state index contributed by atoms with van der Waals surface area (Å²) < 4.78 is 5.31. The van der Waals surface area contributed by atoms with E-state index in [9.17, 15) is 9.59 Å². The summed E-state index contributed by atoms with van der Waals surface area (Å²) in [6.07, 6.45) is 3.42. The van der Waals surface area contributed by atoms with Gasteiger partial charge in [0.15, 0.2) is 0 Å². The molecule has 1 aromatic carbocycles. The Morgan fingerprint density at radius 3 is 2.88 bits per heavy atom. The maximum Gasteiger partial charge on any atom is 0.321 e. The molecule has 0 radical (unpaired) electrons. The Labute approximate surface area is 151 Å². The van der Waals surface area contributed by atoms with Crippen molar-refractivity contribution in [3.8, 4) is 0 Å². The summed E-state index contributed by atoms with van der Waals surface area (Å²) in [5.41, 5.74) is 1.59. The van der Waals surface area contributed by atoms with Crippen molar-refractivity contribution in [3.63, 3.8) is 0 Å². The van der Waals surface area contributed by atoms with Crippen LogP contribution in [0.3, 0.4) is 0 Å². The quantitative estimate of drug-likeness (QED) is 0.855. The van der Waals surface area contributed by atoms with Gasteiger partial charge in [-0.3, -0.25) is 9.89 Å². The van der Waals surface area contributed by atoms with E-state index in [1.165, 1.54) is 0 Å². The number of carbonyl (C=O) groups is 2. The third-order valence-electron chi connectivity index (χ3n) is 5.07. The van der Waals surface area contributed by atoms with Gasteiger partial charge in [-0.1, -0.05) is 0 Å². The summed E-state index contributed by atoms with van der Waals surface area (Å²) in [6, 6.07) is 5.47. The summed E-state index contributed by atoms with van der Waals surface area (Å²) in [5.74, 6) is 0.0207. The molecule has 2 fully saturated rings. The van der Waals surface area contributed by atoms with E-state index in [1.807, 2.05) is 23.1 Å². The van der Waals surface area contributed by atoms with Gasteiger partial charge in [-0.25, -0.2) is 4.79 Å². The highest BCUT2D eigenvalue weighted by Crippen LogP contribution is 2.21. The number of amides is 3. The van der Waals surface area contributed by atoms with Crippen LogP contribution in [-0.4, -0.2) is 71.3 Å². The molecule has 2 saturated heterocycles. The van der Waals surface area contributed by atoms with Gasteiger partial charge in [0.05, 0.1) is 30.8 Å². The number of aromatic nitrogens is 2. The zero-order valence-electron chi connectivity index (χ0n) is 14.6. The molecule has 0 spiro atoms. The fourth-order valence-corrected chi connectivity index (χ4v) is 3.62. The number of carbonyl (C=O) groups excluding carboxylic acids is 2. The molecule has 26 heavy (non-hydrogen) atoms. The number of aromatic amines is 1. The van der Waals surface area contributed by atoms with E-state index < -0.39 is 0 Å². The second-order valence-corrected chi connectivity index (χ2v) is 6.83. The second kappa shape index (κ2) is 7.33. The second-order valence-electron chi connectivity index (χ2n) is 6.83. The minimum Gasteiger partial charge on any atom is -0.378 e. The van der Waals surface area contributed by atoms with E-state index in [1.54, 1.807) is 11.1 Å². The van der Waals surface area contributed by atoms with Gasteiger partial charge in [0.25, 0.3) is 0 Å². The Balaban J connectivity index is 1.38. The number of likely N-dealkylation sites (tertiary alicyclic amines) is 1. The molecule has 138 valence electrons. The van der Waals surface area contributed by atoms with Crippen molar-refractivity contribution >= 4 is 28.5 Å². The lowest BCUT2D eigenvalue weighted by Crippen LogP contribution is -2.50. The predicted molar refractivity (Wildman–Crippen MR) is 96.8 cm³/mol. The number of benzene rings is 1. The van der Waals surface area contributed by atoms with Crippen molar-refractivity contribution in [2.24, 2.45) is 5.92 Å². The number of fused-ring (bicyclic) bond motifs is 1. The lowest BCUT2D eigenvalue weighted by molar-refractivity contribution is -0.141. The van der Waals surface area contributed by atoms with E-state index in [4.69, 9.17) is 4.74 Å². The van der Waals surface area contributed by atoms with E-state index in [0.717, 1.165) is 23.7 Å². The zero-order valence-corrected chi connectivity index (χ0v) is 14.6. The Kier molecular flexibility index (Phi) is 4.75. The number of anilines is 1. The molecule has 0 saturated carbocycles. The molecular formula is C18H23N5O3. The van der Waals surface area contributed by atoms with E-state index in [2.05, 4.69) is 15.5 Å². The molecule has 3 heterocycles. The Hall–Kier alpha value is -2.61. The van der Waals surface area contributed by atoms with Gasteiger partial charge in [-0.05, 0) is 31.0 Å². The Bertz CT molecular complexity index is 799. The number of ether oxygens (including phenoxy) is 1. The lowest BCUT2D eigenvalue weighted by atomic mass is 9.96. The molecule has 2 aromatic rings. The highest BCUT2D eigenvalue weighted by atomic mass is 16.5. The molecule has 1 atom stereocenters. The lowest BCUT2D eigenvalue weighted by Gasteiger charge is -2.36. The van der Waals surface area contributed by atoms with Crippen LogP contribution in [0, 0.1) is 5.92 Å². The van der Waals surface area contributed by atoms with Crippen LogP contribution in [0.5, 0.6) is 0 Å². The van der Waals surface area contributed by atoms with Crippen molar-refractivity contribution in [2.75, 3.05) is 44.7 Å². The molecular weight excluding hydrogens is 334 g/mol. The average Bonchev–Trinajstić information content (AvgIpc) is 3.16. The molecule has 8 nitrogen and oxygen atoms in total. The number of nitrogens with one attached hydrogen (secondary N) is 2. The highest BCUT2D eigenvalue weighted by Gasteiger charge is 2.31. The molecule has 0 bridgehead atoms. The van der Waals surface area contributed by atoms with E-state index in [-0.39, 0.29) is 17.9 Å². The molecule has 3 amide bonds. The van der Waals surface area contributed by atoms with Gasteiger partial charge in [-0.15, -0.1) is 0 Å². The maximum atomic E-state index is 12.7. The van der Waals surface area contributed by atoms with E-state index in [0.29, 0.717) is 45.1 Å². The van der Waals surface area contributed by atoms with Crippen LogP contribution in [0.1, 0.15) is 12.8 Å². The first-order valence-corrected chi connectivity index (χ1v) is 9.06. The number of piperidine rings is 1. The molecule has 4 rings (SSSR count). The van der Waals surface area contributed by atoms with Gasteiger partial charge in [0.2, 0.25) is 5.91 Å². The average molecular weight is 357 g/mol. The molecule has 2 aliphatic rings. The summed E-state index contributed by atoms with van der Waals surface area (Å²) >= 11 is 0. The standard InChI is InChI=1S/C18H23N5O3/c24-17(22-6-8-26-9-7-22)14-2-1-5-23(12-14)18(25)20-15-4-3-13-11-19-21-16(13)10-15/h3-4,10-11,14H,1-2,5-9,12H2,(H,19,21)(H,20,25)/t14-/m1/s1. The number of H-pyrrole nitrogens is 1. The number of morpholine rings is 1. The first-order valence-electron chi connectivity index (χ1n) is 9.06. The fraction of sp³-hybridized carbons (Fsp3) is 0.500. The van der Waals surface area contributed by atoms with Crippen LogP contribution >= 0.6 is 0 Å². The topological polar surface area (TPSA) is 90.6 Å². The minimum absolute atomic E-state index is 0.123. The number of nitrogens with zero attached hydrogens (tertiary/aromatic N) is 3. The van der Waals surface area contributed by atoms with Crippen molar-refractivity contribution in [2.45, 2.75) is 12.8 Å². The van der Waals surface area contributed by atoms with Gasteiger partial charge >= 0.3 is 6.03 Å². The monoisotopic (exact) mass is 357 g/mol. The third-order valence-corrected chi connectivity index (χ3v) is 5.07. The van der Waals surface area contributed by atoms with Gasteiger partial charge < -0.3 is 19.9 Å². The highest BCUT2D eigenvalue weighted by molar-refractivity contribution is 5.92. The van der Waals surface area contributed by atoms with Crippen LogP contribution < -0.4 is 5.32 Å². The first kappa shape index (κ1) is 16.8. The summed E-state index contributed by atoms with van der Waals surface area (Å²) in [7, 11) is 0. The number of urea groups is 1. The normalized spacial score (nSPS) is 21.0. The molecule has 0 aliphatic carbocycles. The molecule has 0 unspecified atom stereocenters. The first-order chi connectivity index (χ1) is 12.7. The molecule has 2 N–H and O–H groups in total. The molecule has 1 aromatic heterocycles. The van der Waals surface area contributed by atoms with Gasteiger partial charge in [-0.2, -0.15) is 5.10 Å². The summed E-state index contributed by atoms with van der Waals surface area (Å²) in [6.45, 7) is 3.62.